The number of nitrogens with one attached hydrogen (secondary N) is 2. The van der Waals surface area contributed by atoms with Crippen molar-refractivity contribution < 1.29 is 18.7 Å². The molecular weight excluding hydrogens is 418 g/mol. The quantitative estimate of drug-likeness (QED) is 0.560. The molecule has 0 fully saturated rings. The number of hydrogen-bond donors (Lipinski definition) is 3. The Kier molecular flexibility index (Phi) is 8.34. The summed E-state index contributed by atoms with van der Waals surface area (Å²) in [5.41, 5.74) is 1.41. The Hall–Kier alpha value is -1.83. The van der Waals surface area contributed by atoms with Gasteiger partial charge in [0, 0.05) is 30.0 Å². The van der Waals surface area contributed by atoms with Crippen molar-refractivity contribution >= 4 is 21.8 Å². The number of hydrogen-bond acceptors (Lipinski definition) is 3. The van der Waals surface area contributed by atoms with Gasteiger partial charge in [0.1, 0.15) is 11.6 Å². The Labute approximate surface area is 166 Å². The van der Waals surface area contributed by atoms with E-state index in [1.54, 1.807) is 6.92 Å². The van der Waals surface area contributed by atoms with Crippen molar-refractivity contribution in [1.82, 2.24) is 10.6 Å². The van der Waals surface area contributed by atoms with Gasteiger partial charge in [-0.1, -0.05) is 35.0 Å². The van der Waals surface area contributed by atoms with Gasteiger partial charge in [0.15, 0.2) is 0 Å². The number of halogens is 3. The van der Waals surface area contributed by atoms with E-state index in [1.807, 2.05) is 24.3 Å². The molecule has 0 saturated carbocycles. The molecule has 0 saturated heterocycles. The van der Waals surface area contributed by atoms with Gasteiger partial charge in [0.05, 0.1) is 12.1 Å². The number of aliphatic hydroxyl groups excluding tert-OH is 1. The SMILES string of the molecule is CCC(=O)N[C@@H](Cc1cc(F)cc(F)c1)[C@@H](O)CNCc1cccc(Br)c1. The van der Waals surface area contributed by atoms with Gasteiger partial charge in [-0.2, -0.15) is 0 Å². The highest BCUT2D eigenvalue weighted by molar-refractivity contribution is 9.10. The predicted octanol–water partition coefficient (Wildman–Crippen LogP) is 3.32. The maximum atomic E-state index is 13.4. The van der Waals surface area contributed by atoms with Gasteiger partial charge in [0.2, 0.25) is 5.91 Å². The molecule has 3 N–H and O–H groups in total. The average Bonchev–Trinajstić information content (AvgIpc) is 2.60. The molecule has 0 heterocycles. The summed E-state index contributed by atoms with van der Waals surface area (Å²) in [6, 6.07) is 10.3. The van der Waals surface area contributed by atoms with Crippen molar-refractivity contribution in [2.75, 3.05) is 6.54 Å². The molecule has 1 amide bonds. The van der Waals surface area contributed by atoms with E-state index < -0.39 is 23.8 Å². The lowest BCUT2D eigenvalue weighted by atomic mass is 10.0. The molecule has 0 radical (unpaired) electrons. The first-order chi connectivity index (χ1) is 12.9. The summed E-state index contributed by atoms with van der Waals surface area (Å²) in [6.45, 7) is 2.46. The van der Waals surface area contributed by atoms with E-state index >= 15 is 0 Å². The Morgan fingerprint density at radius 3 is 2.48 bits per heavy atom. The highest BCUT2D eigenvalue weighted by atomic mass is 79.9. The fraction of sp³-hybridized carbons (Fsp3) is 0.350. The lowest BCUT2D eigenvalue weighted by Crippen LogP contribution is -2.48. The van der Waals surface area contributed by atoms with Gasteiger partial charge in [-0.25, -0.2) is 8.78 Å². The molecule has 2 aromatic carbocycles. The molecular formula is C20H23BrF2N2O2. The zero-order valence-electron chi connectivity index (χ0n) is 15.0. The highest BCUT2D eigenvalue weighted by Crippen LogP contribution is 2.13. The van der Waals surface area contributed by atoms with Gasteiger partial charge in [-0.05, 0) is 41.8 Å². The molecule has 7 heteroatoms. The summed E-state index contributed by atoms with van der Waals surface area (Å²) in [5.74, 6) is -1.61. The van der Waals surface area contributed by atoms with Crippen LogP contribution in [-0.2, 0) is 17.8 Å². The molecule has 2 rings (SSSR count). The molecule has 4 nitrogen and oxygen atoms in total. The normalized spacial score (nSPS) is 13.2. The number of benzene rings is 2. The molecule has 2 aromatic rings. The lowest BCUT2D eigenvalue weighted by Gasteiger charge is -2.25. The van der Waals surface area contributed by atoms with Gasteiger partial charge >= 0.3 is 0 Å². The van der Waals surface area contributed by atoms with Crippen LogP contribution in [-0.4, -0.2) is 29.7 Å². The molecule has 0 bridgehead atoms. The van der Waals surface area contributed by atoms with Crippen molar-refractivity contribution in [2.45, 2.75) is 38.5 Å². The molecule has 27 heavy (non-hydrogen) atoms. The van der Waals surface area contributed by atoms with E-state index in [9.17, 15) is 18.7 Å². The second-order valence-corrected chi connectivity index (χ2v) is 7.25. The minimum absolute atomic E-state index is 0.125. The lowest BCUT2D eigenvalue weighted by molar-refractivity contribution is -0.122. The molecule has 0 aliphatic rings. The van der Waals surface area contributed by atoms with Crippen LogP contribution in [0.1, 0.15) is 24.5 Å². The summed E-state index contributed by atoms with van der Waals surface area (Å²) in [7, 11) is 0. The van der Waals surface area contributed by atoms with E-state index in [0.717, 1.165) is 16.1 Å². The molecule has 0 aliphatic heterocycles. The van der Waals surface area contributed by atoms with Crippen LogP contribution in [0.25, 0.3) is 0 Å². The third-order valence-electron chi connectivity index (χ3n) is 4.08. The topological polar surface area (TPSA) is 61.4 Å². The molecule has 146 valence electrons. The van der Waals surface area contributed by atoms with E-state index in [0.29, 0.717) is 12.1 Å². The van der Waals surface area contributed by atoms with Crippen molar-refractivity contribution in [3.8, 4) is 0 Å². The van der Waals surface area contributed by atoms with Gasteiger partial charge in [-0.3, -0.25) is 4.79 Å². The van der Waals surface area contributed by atoms with Crippen molar-refractivity contribution in [3.63, 3.8) is 0 Å². The maximum Gasteiger partial charge on any atom is 0.220 e. The standard InChI is InChI=1S/C20H23BrF2N2O2/c1-2-20(27)25-18(9-14-7-16(22)10-17(23)8-14)19(26)12-24-11-13-4-3-5-15(21)6-13/h3-8,10,18-19,24,26H,2,9,11-12H2,1H3,(H,25,27)/t18-,19-/m0/s1. The molecule has 0 unspecified atom stereocenters. The fourth-order valence-electron chi connectivity index (χ4n) is 2.73. The molecule has 0 aromatic heterocycles. The minimum atomic E-state index is -0.918. The Morgan fingerprint density at radius 1 is 1.15 bits per heavy atom. The largest absolute Gasteiger partial charge is 0.390 e. The van der Waals surface area contributed by atoms with E-state index in [2.05, 4.69) is 26.6 Å². The number of aliphatic hydroxyl groups is 1. The fourth-order valence-corrected chi connectivity index (χ4v) is 3.18. The second kappa shape index (κ2) is 10.5. The third kappa shape index (κ3) is 7.36. The number of rotatable bonds is 9. The van der Waals surface area contributed by atoms with Crippen LogP contribution in [0.3, 0.4) is 0 Å². The first-order valence-corrected chi connectivity index (χ1v) is 9.54. The molecule has 2 atom stereocenters. The van der Waals surface area contributed by atoms with Crippen molar-refractivity contribution in [2.24, 2.45) is 0 Å². The number of carbonyl (C=O) groups excluding carboxylic acids is 1. The van der Waals surface area contributed by atoms with Crippen LogP contribution < -0.4 is 10.6 Å². The van der Waals surface area contributed by atoms with Crippen LogP contribution in [0.2, 0.25) is 0 Å². The Morgan fingerprint density at radius 2 is 1.85 bits per heavy atom. The predicted molar refractivity (Wildman–Crippen MR) is 104 cm³/mol. The monoisotopic (exact) mass is 440 g/mol. The summed E-state index contributed by atoms with van der Waals surface area (Å²) >= 11 is 3.40. The molecule has 0 spiro atoms. The van der Waals surface area contributed by atoms with Crippen LogP contribution in [0.4, 0.5) is 8.78 Å². The summed E-state index contributed by atoms with van der Waals surface area (Å²) < 4.78 is 27.8. The smallest absolute Gasteiger partial charge is 0.220 e. The van der Waals surface area contributed by atoms with Gasteiger partial charge in [-0.15, -0.1) is 0 Å². The highest BCUT2D eigenvalue weighted by Gasteiger charge is 2.21. The van der Waals surface area contributed by atoms with E-state index in [4.69, 9.17) is 0 Å². The van der Waals surface area contributed by atoms with Crippen molar-refractivity contribution in [1.29, 1.82) is 0 Å². The first-order valence-electron chi connectivity index (χ1n) is 8.75. The first kappa shape index (κ1) is 21.5. The number of amides is 1. The van der Waals surface area contributed by atoms with E-state index in [1.165, 1.54) is 12.1 Å². The maximum absolute atomic E-state index is 13.4. The van der Waals surface area contributed by atoms with Crippen molar-refractivity contribution in [3.05, 3.63) is 69.7 Å². The summed E-state index contributed by atoms with van der Waals surface area (Å²) in [6.07, 6.45) is -0.536. The zero-order chi connectivity index (χ0) is 19.8. The minimum Gasteiger partial charge on any atom is -0.390 e. The van der Waals surface area contributed by atoms with Crippen LogP contribution in [0, 0.1) is 11.6 Å². The Balaban J connectivity index is 1.99. The van der Waals surface area contributed by atoms with E-state index in [-0.39, 0.29) is 25.3 Å². The third-order valence-corrected chi connectivity index (χ3v) is 4.57. The Bertz CT molecular complexity index is 753. The molecule has 0 aliphatic carbocycles. The summed E-state index contributed by atoms with van der Waals surface area (Å²) in [4.78, 5) is 11.8. The van der Waals surface area contributed by atoms with Crippen LogP contribution in [0.5, 0.6) is 0 Å². The zero-order valence-corrected chi connectivity index (χ0v) is 16.6. The average molecular weight is 441 g/mol. The van der Waals surface area contributed by atoms with Crippen LogP contribution >= 0.6 is 15.9 Å². The van der Waals surface area contributed by atoms with Crippen LogP contribution in [0.15, 0.2) is 46.9 Å². The van der Waals surface area contributed by atoms with Gasteiger partial charge < -0.3 is 15.7 Å². The second-order valence-electron chi connectivity index (χ2n) is 6.34. The summed E-state index contributed by atoms with van der Waals surface area (Å²) in [5, 5.41) is 16.4. The number of carbonyl (C=O) groups is 1. The van der Waals surface area contributed by atoms with Gasteiger partial charge in [0.25, 0.3) is 0 Å².